The smallest absolute Gasteiger partial charge is 0.393 e. The molecule has 100 valence electrons. The SMILES string of the molecule is NCC(CN1C2CCC1CC(O)C2)C(F)(F)F. The molecule has 3 nitrogen and oxygen atoms in total. The third-order valence-electron chi connectivity index (χ3n) is 4.04. The highest BCUT2D eigenvalue weighted by Crippen LogP contribution is 2.38. The van der Waals surface area contributed by atoms with Gasteiger partial charge < -0.3 is 10.8 Å². The van der Waals surface area contributed by atoms with Crippen LogP contribution in [0.15, 0.2) is 0 Å². The maximum Gasteiger partial charge on any atom is 0.394 e. The lowest BCUT2D eigenvalue weighted by atomic mass is 9.97. The first kappa shape index (κ1) is 13.1. The Morgan fingerprint density at radius 2 is 1.76 bits per heavy atom. The van der Waals surface area contributed by atoms with Gasteiger partial charge in [0.1, 0.15) is 0 Å². The molecule has 0 aromatic heterocycles. The second-order valence-electron chi connectivity index (χ2n) is 5.18. The van der Waals surface area contributed by atoms with Crippen LogP contribution in [0.1, 0.15) is 25.7 Å². The van der Waals surface area contributed by atoms with Crippen molar-refractivity contribution in [3.05, 3.63) is 0 Å². The van der Waals surface area contributed by atoms with Crippen LogP contribution in [-0.4, -0.2) is 47.5 Å². The molecule has 0 amide bonds. The van der Waals surface area contributed by atoms with E-state index in [-0.39, 0.29) is 31.3 Å². The maximum atomic E-state index is 12.7. The monoisotopic (exact) mass is 252 g/mol. The summed E-state index contributed by atoms with van der Waals surface area (Å²) in [6, 6.07) is 0.222. The Morgan fingerprint density at radius 3 is 2.18 bits per heavy atom. The van der Waals surface area contributed by atoms with Gasteiger partial charge in [0, 0.05) is 25.2 Å². The minimum atomic E-state index is -4.22. The van der Waals surface area contributed by atoms with Gasteiger partial charge in [-0.1, -0.05) is 0 Å². The van der Waals surface area contributed by atoms with Crippen molar-refractivity contribution in [1.82, 2.24) is 4.90 Å². The van der Waals surface area contributed by atoms with Crippen LogP contribution in [0.3, 0.4) is 0 Å². The van der Waals surface area contributed by atoms with E-state index in [9.17, 15) is 18.3 Å². The second-order valence-corrected chi connectivity index (χ2v) is 5.18. The molecule has 3 N–H and O–H groups in total. The Kier molecular flexibility index (Phi) is 3.66. The van der Waals surface area contributed by atoms with Gasteiger partial charge >= 0.3 is 6.18 Å². The van der Waals surface area contributed by atoms with E-state index in [1.807, 2.05) is 4.90 Å². The number of fused-ring (bicyclic) bond motifs is 2. The van der Waals surface area contributed by atoms with Gasteiger partial charge in [-0.3, -0.25) is 4.90 Å². The molecule has 17 heavy (non-hydrogen) atoms. The van der Waals surface area contributed by atoms with E-state index in [0.29, 0.717) is 12.8 Å². The van der Waals surface area contributed by atoms with Gasteiger partial charge in [0.05, 0.1) is 12.0 Å². The molecule has 0 saturated carbocycles. The van der Waals surface area contributed by atoms with E-state index >= 15 is 0 Å². The lowest BCUT2D eigenvalue weighted by molar-refractivity contribution is -0.179. The van der Waals surface area contributed by atoms with Gasteiger partial charge in [0.15, 0.2) is 0 Å². The molecule has 2 bridgehead atoms. The van der Waals surface area contributed by atoms with Crippen LogP contribution in [-0.2, 0) is 0 Å². The zero-order valence-electron chi connectivity index (χ0n) is 9.66. The number of nitrogens with two attached hydrogens (primary N) is 1. The molecule has 0 spiro atoms. The third kappa shape index (κ3) is 2.74. The molecule has 0 radical (unpaired) electrons. The van der Waals surface area contributed by atoms with Gasteiger partial charge in [-0.2, -0.15) is 13.2 Å². The molecule has 0 aliphatic carbocycles. The van der Waals surface area contributed by atoms with Crippen molar-refractivity contribution < 1.29 is 18.3 Å². The summed E-state index contributed by atoms with van der Waals surface area (Å²) in [5, 5.41) is 9.59. The summed E-state index contributed by atoms with van der Waals surface area (Å²) in [5.41, 5.74) is 5.22. The van der Waals surface area contributed by atoms with Crippen LogP contribution in [0.25, 0.3) is 0 Å². The third-order valence-corrected chi connectivity index (χ3v) is 4.04. The summed E-state index contributed by atoms with van der Waals surface area (Å²) in [7, 11) is 0. The van der Waals surface area contributed by atoms with E-state index in [1.165, 1.54) is 0 Å². The number of halogens is 3. The van der Waals surface area contributed by atoms with Crippen LogP contribution >= 0.6 is 0 Å². The zero-order chi connectivity index (χ0) is 12.6. The second kappa shape index (κ2) is 4.74. The fourth-order valence-corrected chi connectivity index (χ4v) is 3.11. The van der Waals surface area contributed by atoms with Crippen LogP contribution in [0, 0.1) is 5.92 Å². The van der Waals surface area contributed by atoms with Gasteiger partial charge in [0.2, 0.25) is 0 Å². The molecule has 3 atom stereocenters. The van der Waals surface area contributed by atoms with E-state index in [4.69, 9.17) is 5.73 Å². The standard InChI is InChI=1S/C11H19F3N2O/c12-11(13,14)7(5-15)6-16-8-1-2-9(16)4-10(17)3-8/h7-10,17H,1-6,15H2. The highest BCUT2D eigenvalue weighted by molar-refractivity contribution is 4.96. The predicted molar refractivity (Wildman–Crippen MR) is 57.4 cm³/mol. The molecule has 2 aliphatic heterocycles. The molecule has 0 aromatic rings. The Balaban J connectivity index is 2.00. The topological polar surface area (TPSA) is 49.5 Å². The lowest BCUT2D eigenvalue weighted by Crippen LogP contribution is -2.50. The number of hydrogen-bond acceptors (Lipinski definition) is 3. The number of hydrogen-bond donors (Lipinski definition) is 2. The first-order valence-electron chi connectivity index (χ1n) is 6.12. The normalized spacial score (nSPS) is 36.2. The number of aliphatic hydroxyl groups excluding tert-OH is 1. The number of nitrogens with zero attached hydrogens (tertiary/aromatic N) is 1. The van der Waals surface area contributed by atoms with Crippen LogP contribution in [0.5, 0.6) is 0 Å². The molecule has 3 unspecified atom stereocenters. The van der Waals surface area contributed by atoms with Gasteiger partial charge in [0.25, 0.3) is 0 Å². The van der Waals surface area contributed by atoms with Crippen molar-refractivity contribution in [3.63, 3.8) is 0 Å². The molecule has 0 aromatic carbocycles. The lowest BCUT2D eigenvalue weighted by Gasteiger charge is -2.39. The van der Waals surface area contributed by atoms with E-state index in [2.05, 4.69) is 0 Å². The maximum absolute atomic E-state index is 12.7. The Labute approximate surface area is 98.8 Å². The summed E-state index contributed by atoms with van der Waals surface area (Å²) < 4.78 is 38.0. The Bertz CT molecular complexity index is 258. The first-order chi connectivity index (χ1) is 7.91. The van der Waals surface area contributed by atoms with Crippen molar-refractivity contribution in [2.45, 2.75) is 50.0 Å². The van der Waals surface area contributed by atoms with E-state index < -0.39 is 12.1 Å². The highest BCUT2D eigenvalue weighted by Gasteiger charge is 2.45. The number of rotatable bonds is 3. The Morgan fingerprint density at radius 1 is 1.24 bits per heavy atom. The minimum Gasteiger partial charge on any atom is -0.393 e. The fraction of sp³-hybridized carbons (Fsp3) is 1.00. The molecule has 2 heterocycles. The highest BCUT2D eigenvalue weighted by atomic mass is 19.4. The van der Waals surface area contributed by atoms with Gasteiger partial charge in [-0.25, -0.2) is 0 Å². The van der Waals surface area contributed by atoms with Gasteiger partial charge in [-0.05, 0) is 25.7 Å². The van der Waals surface area contributed by atoms with Gasteiger partial charge in [-0.15, -0.1) is 0 Å². The van der Waals surface area contributed by atoms with Crippen molar-refractivity contribution in [2.75, 3.05) is 13.1 Å². The molecule has 2 aliphatic rings. The van der Waals surface area contributed by atoms with Crippen LogP contribution < -0.4 is 5.73 Å². The molecule has 2 saturated heterocycles. The van der Waals surface area contributed by atoms with Crippen LogP contribution in [0.2, 0.25) is 0 Å². The van der Waals surface area contributed by atoms with Crippen molar-refractivity contribution >= 4 is 0 Å². The number of piperidine rings is 1. The zero-order valence-corrected chi connectivity index (χ0v) is 9.66. The van der Waals surface area contributed by atoms with Crippen LogP contribution in [0.4, 0.5) is 13.2 Å². The summed E-state index contributed by atoms with van der Waals surface area (Å²) in [4.78, 5) is 1.91. The molecular formula is C11H19F3N2O. The predicted octanol–water partition coefficient (Wildman–Crippen LogP) is 1.11. The number of aliphatic hydroxyl groups is 1. The van der Waals surface area contributed by atoms with E-state index in [1.54, 1.807) is 0 Å². The first-order valence-corrected chi connectivity index (χ1v) is 6.12. The molecular weight excluding hydrogens is 233 g/mol. The molecule has 6 heteroatoms. The fourth-order valence-electron chi connectivity index (χ4n) is 3.11. The molecule has 2 fully saturated rings. The van der Waals surface area contributed by atoms with Crippen molar-refractivity contribution in [2.24, 2.45) is 11.7 Å². The minimum absolute atomic E-state index is 0.0119. The average molecular weight is 252 g/mol. The quantitative estimate of drug-likeness (QED) is 0.791. The summed E-state index contributed by atoms with van der Waals surface area (Å²) in [6.45, 7) is -0.371. The summed E-state index contributed by atoms with van der Waals surface area (Å²) in [6.07, 6.45) is -1.55. The van der Waals surface area contributed by atoms with Crippen molar-refractivity contribution in [1.29, 1.82) is 0 Å². The summed E-state index contributed by atoms with van der Waals surface area (Å²) >= 11 is 0. The largest absolute Gasteiger partial charge is 0.394 e. The summed E-state index contributed by atoms with van der Waals surface area (Å²) in [5.74, 6) is -1.44. The van der Waals surface area contributed by atoms with Crippen molar-refractivity contribution in [3.8, 4) is 0 Å². The van der Waals surface area contributed by atoms with E-state index in [0.717, 1.165) is 12.8 Å². The molecule has 2 rings (SSSR count). The Hall–Kier alpha value is -0.330. The number of alkyl halides is 3. The average Bonchev–Trinajstić information content (AvgIpc) is 2.45.